The van der Waals surface area contributed by atoms with E-state index < -0.39 is 11.7 Å². The van der Waals surface area contributed by atoms with Gasteiger partial charge in [0, 0.05) is 6.20 Å². The smallest absolute Gasteiger partial charge is 0.417 e. The summed E-state index contributed by atoms with van der Waals surface area (Å²) in [5, 5.41) is 2.60. The van der Waals surface area contributed by atoms with Gasteiger partial charge >= 0.3 is 12.1 Å². The van der Waals surface area contributed by atoms with Gasteiger partial charge in [0.25, 0.3) is 0 Å². The molecule has 8 heteroatoms. The second-order valence-corrected chi connectivity index (χ2v) is 5.18. The van der Waals surface area contributed by atoms with Crippen molar-refractivity contribution in [3.63, 3.8) is 0 Å². The number of carbonyl (C=O) groups excluding carboxylic acids is 1. The van der Waals surface area contributed by atoms with Gasteiger partial charge in [0.15, 0.2) is 0 Å². The number of nitrogens with zero attached hydrogens (tertiary/aromatic N) is 1. The summed E-state index contributed by atoms with van der Waals surface area (Å²) >= 11 is 5.73. The summed E-state index contributed by atoms with van der Waals surface area (Å²) in [7, 11) is 0. The molecule has 1 aromatic rings. The van der Waals surface area contributed by atoms with Crippen molar-refractivity contribution >= 4 is 23.4 Å². The lowest BCUT2D eigenvalue weighted by molar-refractivity contribution is -0.151. The third-order valence-corrected chi connectivity index (χ3v) is 3.53. The Morgan fingerprint density at radius 2 is 2.19 bits per heavy atom. The first-order valence-corrected chi connectivity index (χ1v) is 6.89. The molecule has 0 atom stereocenters. The molecule has 1 aromatic heterocycles. The van der Waals surface area contributed by atoms with Crippen molar-refractivity contribution in [1.29, 1.82) is 0 Å². The van der Waals surface area contributed by atoms with Crippen molar-refractivity contribution in [3.05, 3.63) is 22.8 Å². The van der Waals surface area contributed by atoms with Crippen LogP contribution >= 0.6 is 11.6 Å². The number of halogens is 4. The number of nitrogens with one attached hydrogen (secondary N) is 1. The van der Waals surface area contributed by atoms with Gasteiger partial charge in [-0.15, -0.1) is 0 Å². The zero-order valence-corrected chi connectivity index (χ0v) is 11.8. The van der Waals surface area contributed by atoms with Crippen LogP contribution in [-0.4, -0.2) is 24.1 Å². The molecule has 0 amide bonds. The first-order valence-electron chi connectivity index (χ1n) is 6.51. The largest absolute Gasteiger partial charge is 0.464 e. The van der Waals surface area contributed by atoms with Crippen molar-refractivity contribution < 1.29 is 22.7 Å². The molecule has 2 rings (SSSR count). The summed E-state index contributed by atoms with van der Waals surface area (Å²) in [6.45, 7) is 0.352. The fourth-order valence-corrected chi connectivity index (χ4v) is 2.04. The van der Waals surface area contributed by atoms with Gasteiger partial charge in [0.2, 0.25) is 0 Å². The maximum Gasteiger partial charge on any atom is 0.417 e. The van der Waals surface area contributed by atoms with Crippen LogP contribution in [0, 0.1) is 5.92 Å². The minimum absolute atomic E-state index is 0.00205. The predicted molar refractivity (Wildman–Crippen MR) is 71.0 cm³/mol. The summed E-state index contributed by atoms with van der Waals surface area (Å²) in [6.07, 6.45) is -1.01. The van der Waals surface area contributed by atoms with Gasteiger partial charge in [-0.1, -0.05) is 18.0 Å². The van der Waals surface area contributed by atoms with Crippen LogP contribution in [-0.2, 0) is 15.7 Å². The van der Waals surface area contributed by atoms with E-state index in [4.69, 9.17) is 16.3 Å². The molecule has 0 unspecified atom stereocenters. The number of aromatic nitrogens is 1. The minimum atomic E-state index is -4.48. The highest BCUT2D eigenvalue weighted by Crippen LogP contribution is 2.32. The zero-order valence-electron chi connectivity index (χ0n) is 11.0. The number of carbonyl (C=O) groups is 1. The average Bonchev–Trinajstić information content (AvgIpc) is 2.32. The van der Waals surface area contributed by atoms with Crippen LogP contribution in [0.15, 0.2) is 12.3 Å². The van der Waals surface area contributed by atoms with Crippen LogP contribution in [0.25, 0.3) is 0 Å². The number of ether oxygens (including phenoxy) is 1. The maximum atomic E-state index is 12.4. The number of rotatable bonds is 5. The monoisotopic (exact) mass is 322 g/mol. The van der Waals surface area contributed by atoms with Crippen molar-refractivity contribution in [2.24, 2.45) is 5.92 Å². The van der Waals surface area contributed by atoms with Crippen molar-refractivity contribution in [1.82, 2.24) is 4.98 Å². The second kappa shape index (κ2) is 6.51. The molecule has 0 spiro atoms. The van der Waals surface area contributed by atoms with E-state index in [9.17, 15) is 18.0 Å². The fourth-order valence-electron chi connectivity index (χ4n) is 1.81. The van der Waals surface area contributed by atoms with Gasteiger partial charge < -0.3 is 10.1 Å². The van der Waals surface area contributed by atoms with Crippen molar-refractivity contribution in [3.8, 4) is 0 Å². The molecule has 0 aromatic carbocycles. The predicted octanol–water partition coefficient (Wildman–Crippen LogP) is 3.51. The van der Waals surface area contributed by atoms with Crippen LogP contribution < -0.4 is 5.32 Å². The lowest BCUT2D eigenvalue weighted by Crippen LogP contribution is -2.26. The van der Waals surface area contributed by atoms with Gasteiger partial charge in [0.1, 0.15) is 12.4 Å². The van der Waals surface area contributed by atoms with E-state index >= 15 is 0 Å². The fraction of sp³-hybridized carbons (Fsp3) is 0.538. The maximum absolute atomic E-state index is 12.4. The Morgan fingerprint density at radius 1 is 1.48 bits per heavy atom. The van der Waals surface area contributed by atoms with Gasteiger partial charge in [-0.25, -0.2) is 4.98 Å². The number of hydrogen-bond donors (Lipinski definition) is 1. The summed E-state index contributed by atoms with van der Waals surface area (Å²) in [4.78, 5) is 15.1. The standard InChI is InChI=1S/C13H14ClF3N2O2/c14-10-6-9(13(15,16)17)7-19-11(10)18-4-5-21-12(20)8-2-1-3-8/h6-8H,1-5H2,(H,18,19). The molecule has 1 N–H and O–H groups in total. The second-order valence-electron chi connectivity index (χ2n) is 4.77. The summed E-state index contributed by atoms with van der Waals surface area (Å²) in [5.74, 6) is -0.100. The summed E-state index contributed by atoms with van der Waals surface area (Å²) < 4.78 is 42.3. The van der Waals surface area contributed by atoms with E-state index in [0.717, 1.165) is 25.3 Å². The molecule has 1 aliphatic rings. The summed E-state index contributed by atoms with van der Waals surface area (Å²) in [6, 6.07) is 0.803. The average molecular weight is 323 g/mol. The molecule has 116 valence electrons. The Hall–Kier alpha value is -1.50. The molecule has 0 radical (unpaired) electrons. The lowest BCUT2D eigenvalue weighted by Gasteiger charge is -2.23. The molecule has 0 saturated heterocycles. The highest BCUT2D eigenvalue weighted by atomic mass is 35.5. The Labute approximate surface area is 124 Å². The Morgan fingerprint density at radius 3 is 2.71 bits per heavy atom. The minimum Gasteiger partial charge on any atom is -0.464 e. The molecule has 1 fully saturated rings. The van der Waals surface area contributed by atoms with Gasteiger partial charge in [-0.3, -0.25) is 4.79 Å². The van der Waals surface area contributed by atoms with E-state index in [0.29, 0.717) is 6.20 Å². The third-order valence-electron chi connectivity index (χ3n) is 3.25. The number of hydrogen-bond acceptors (Lipinski definition) is 4. The number of esters is 1. The normalized spacial score (nSPS) is 15.4. The lowest BCUT2D eigenvalue weighted by atomic mass is 9.86. The van der Waals surface area contributed by atoms with Crippen LogP contribution in [0.2, 0.25) is 5.02 Å². The quantitative estimate of drug-likeness (QED) is 0.666. The molecule has 0 aliphatic heterocycles. The number of alkyl halides is 3. The Kier molecular flexibility index (Phi) is 4.92. The molecule has 21 heavy (non-hydrogen) atoms. The van der Waals surface area contributed by atoms with Crippen LogP contribution in [0.4, 0.5) is 19.0 Å². The molecule has 4 nitrogen and oxygen atoms in total. The first kappa shape index (κ1) is 15.9. The highest BCUT2D eigenvalue weighted by molar-refractivity contribution is 6.32. The van der Waals surface area contributed by atoms with E-state index in [1.165, 1.54) is 0 Å². The third kappa shape index (κ3) is 4.23. The van der Waals surface area contributed by atoms with Crippen LogP contribution in [0.3, 0.4) is 0 Å². The topological polar surface area (TPSA) is 51.2 Å². The van der Waals surface area contributed by atoms with E-state index in [1.54, 1.807) is 0 Å². The SMILES string of the molecule is O=C(OCCNc1ncc(C(F)(F)F)cc1Cl)C1CCC1. The van der Waals surface area contributed by atoms with E-state index in [-0.39, 0.29) is 35.9 Å². The van der Waals surface area contributed by atoms with Crippen LogP contribution in [0.5, 0.6) is 0 Å². The van der Waals surface area contributed by atoms with Gasteiger partial charge in [0.05, 0.1) is 23.0 Å². The Balaban J connectivity index is 1.79. The van der Waals surface area contributed by atoms with E-state index in [1.807, 2.05) is 0 Å². The van der Waals surface area contributed by atoms with Gasteiger partial charge in [-0.2, -0.15) is 13.2 Å². The molecule has 1 heterocycles. The molecule has 1 aliphatic carbocycles. The summed E-state index contributed by atoms with van der Waals surface area (Å²) in [5.41, 5.74) is -0.908. The van der Waals surface area contributed by atoms with Crippen molar-refractivity contribution in [2.75, 3.05) is 18.5 Å². The first-order chi connectivity index (χ1) is 9.88. The number of pyridine rings is 1. The highest BCUT2D eigenvalue weighted by Gasteiger charge is 2.31. The molecular weight excluding hydrogens is 309 g/mol. The van der Waals surface area contributed by atoms with E-state index in [2.05, 4.69) is 10.3 Å². The molecular formula is C13H14ClF3N2O2. The van der Waals surface area contributed by atoms with Crippen LogP contribution in [0.1, 0.15) is 24.8 Å². The molecule has 0 bridgehead atoms. The Bertz CT molecular complexity index is 519. The van der Waals surface area contributed by atoms with Crippen molar-refractivity contribution in [2.45, 2.75) is 25.4 Å². The number of anilines is 1. The molecule has 1 saturated carbocycles. The van der Waals surface area contributed by atoms with Gasteiger partial charge in [-0.05, 0) is 18.9 Å². The zero-order chi connectivity index (χ0) is 15.5.